The molecule has 1 atom stereocenters. The van der Waals surface area contributed by atoms with E-state index in [1.54, 1.807) is 6.08 Å². The van der Waals surface area contributed by atoms with Crippen molar-refractivity contribution in [3.05, 3.63) is 32.9 Å². The quantitative estimate of drug-likeness (QED) is 0.172. The number of rotatable bonds is 11. The second-order valence-corrected chi connectivity index (χ2v) is 11.3. The number of aromatic amines is 1. The number of amides is 1. The highest BCUT2D eigenvalue weighted by atomic mass is 16.6. The van der Waals surface area contributed by atoms with Gasteiger partial charge in [-0.15, -0.1) is 0 Å². The lowest BCUT2D eigenvalue weighted by Crippen LogP contribution is -2.43. The number of hydrogen-bond donors (Lipinski definition) is 4. The number of hydrogen-bond acceptors (Lipinski definition) is 7. The molecule has 1 unspecified atom stereocenters. The standard InChI is InChI=1S/C24H35N5O4.C7H14.C2H6/c1-17(27-18-9-4-2-5-10-18)33-22(31)14-13-21(30)25-15-8-16-26-23-19-11-6-3-7-12-20(19)24(32)29-28-23;1-7-5-3-2-4-6-7;1-2/h3,7,11-12,17-18,27H,2,4-6,8-10,13-16H2,1H3,(H,25,30)(H,26,28)(H,29,32);7H,2-6H2,1H3;1-2H3. The normalized spacial score (nSPS) is 17.3. The molecule has 2 fully saturated rings. The SMILES string of the molecule is CC.CC(NC1CCCCC1)OC(=O)CCC(=O)NCCCNc1n[nH]c(=O)c2c1=CCC=CC=2.CC1CCCCC1. The molecule has 1 heterocycles. The highest BCUT2D eigenvalue weighted by Gasteiger charge is 2.18. The Kier molecular flexibility index (Phi) is 17.5. The number of aromatic nitrogens is 2. The molecule has 1 aromatic heterocycles. The van der Waals surface area contributed by atoms with Gasteiger partial charge in [0.1, 0.15) is 0 Å². The van der Waals surface area contributed by atoms with Gasteiger partial charge in [0.05, 0.1) is 11.6 Å². The summed E-state index contributed by atoms with van der Waals surface area (Å²) in [5.41, 5.74) is -0.219. The van der Waals surface area contributed by atoms with Crippen LogP contribution >= 0.6 is 0 Å². The second kappa shape index (κ2) is 20.9. The second-order valence-electron chi connectivity index (χ2n) is 11.3. The molecule has 9 nitrogen and oxygen atoms in total. The molecule has 1 amide bonds. The molecule has 3 aliphatic carbocycles. The Morgan fingerprint density at radius 1 is 1.00 bits per heavy atom. The number of nitrogens with one attached hydrogen (secondary N) is 4. The third-order valence-corrected chi connectivity index (χ3v) is 7.72. The van der Waals surface area contributed by atoms with E-state index in [-0.39, 0.29) is 36.5 Å². The summed E-state index contributed by atoms with van der Waals surface area (Å²) in [5.74, 6) is 1.11. The molecule has 236 valence electrons. The Labute approximate surface area is 252 Å². The van der Waals surface area contributed by atoms with Crippen LogP contribution in [0.15, 0.2) is 16.9 Å². The number of carbonyl (C=O) groups excluding carboxylic acids is 2. The maximum absolute atomic E-state index is 12.0. The van der Waals surface area contributed by atoms with E-state index >= 15 is 0 Å². The zero-order valence-electron chi connectivity index (χ0n) is 26.4. The zero-order valence-corrected chi connectivity index (χ0v) is 26.4. The molecule has 1 aromatic rings. The minimum atomic E-state index is -0.366. The van der Waals surface area contributed by atoms with Crippen LogP contribution in [0.5, 0.6) is 0 Å². The molecule has 0 spiro atoms. The van der Waals surface area contributed by atoms with Gasteiger partial charge in [0.15, 0.2) is 12.0 Å². The van der Waals surface area contributed by atoms with E-state index in [0.29, 0.717) is 36.6 Å². The smallest absolute Gasteiger partial charge is 0.307 e. The van der Waals surface area contributed by atoms with Gasteiger partial charge in [-0.25, -0.2) is 5.10 Å². The molecule has 2 saturated carbocycles. The molecule has 0 aromatic carbocycles. The Balaban J connectivity index is 0.000000590. The number of nitrogens with zero attached hydrogens (tertiary/aromatic N) is 1. The fourth-order valence-electron chi connectivity index (χ4n) is 5.44. The van der Waals surface area contributed by atoms with Crippen LogP contribution in [0.4, 0.5) is 5.82 Å². The summed E-state index contributed by atoms with van der Waals surface area (Å²) in [6.45, 7) is 9.25. The first-order chi connectivity index (χ1) is 20.4. The third kappa shape index (κ3) is 13.8. The van der Waals surface area contributed by atoms with Crippen molar-refractivity contribution in [1.29, 1.82) is 0 Å². The van der Waals surface area contributed by atoms with Gasteiger partial charge < -0.3 is 15.4 Å². The topological polar surface area (TPSA) is 125 Å². The predicted octanol–water partition coefficient (Wildman–Crippen LogP) is 4.41. The van der Waals surface area contributed by atoms with E-state index in [2.05, 4.69) is 33.1 Å². The summed E-state index contributed by atoms with van der Waals surface area (Å²) in [5, 5.41) is 17.4. The first kappa shape index (κ1) is 35.3. The summed E-state index contributed by atoms with van der Waals surface area (Å²) >= 11 is 0. The molecule has 9 heteroatoms. The molecular formula is C33H55N5O4. The summed E-state index contributed by atoms with van der Waals surface area (Å²) in [6.07, 6.45) is 22.2. The molecular weight excluding hydrogens is 530 g/mol. The molecule has 3 aliphatic rings. The first-order valence-electron chi connectivity index (χ1n) is 16.3. The monoisotopic (exact) mass is 585 g/mol. The van der Waals surface area contributed by atoms with Gasteiger partial charge >= 0.3 is 5.97 Å². The Morgan fingerprint density at radius 2 is 1.69 bits per heavy atom. The highest BCUT2D eigenvalue weighted by molar-refractivity contribution is 5.81. The van der Waals surface area contributed by atoms with Crippen LogP contribution in [0.1, 0.15) is 118 Å². The van der Waals surface area contributed by atoms with Crippen molar-refractivity contribution in [2.75, 3.05) is 18.4 Å². The van der Waals surface area contributed by atoms with Crippen LogP contribution in [0.25, 0.3) is 12.2 Å². The predicted molar refractivity (Wildman–Crippen MR) is 171 cm³/mol. The zero-order chi connectivity index (χ0) is 30.6. The molecule has 42 heavy (non-hydrogen) atoms. The lowest BCUT2D eigenvalue weighted by molar-refractivity contribution is -0.151. The van der Waals surface area contributed by atoms with Gasteiger partial charge in [-0.05, 0) is 44.6 Å². The molecule has 4 rings (SSSR count). The van der Waals surface area contributed by atoms with Crippen LogP contribution in [0, 0.1) is 5.92 Å². The third-order valence-electron chi connectivity index (χ3n) is 7.72. The van der Waals surface area contributed by atoms with E-state index in [1.807, 2.05) is 39.0 Å². The van der Waals surface area contributed by atoms with Gasteiger partial charge in [-0.2, -0.15) is 5.10 Å². The van der Waals surface area contributed by atoms with Crippen LogP contribution in [-0.2, 0) is 14.3 Å². The minimum Gasteiger partial charge on any atom is -0.447 e. The van der Waals surface area contributed by atoms with E-state index < -0.39 is 0 Å². The van der Waals surface area contributed by atoms with E-state index in [9.17, 15) is 14.4 Å². The highest BCUT2D eigenvalue weighted by Crippen LogP contribution is 2.22. The maximum Gasteiger partial charge on any atom is 0.307 e. The van der Waals surface area contributed by atoms with Crippen molar-refractivity contribution in [2.24, 2.45) is 5.92 Å². The maximum atomic E-state index is 12.0. The van der Waals surface area contributed by atoms with Gasteiger partial charge in [0, 0.05) is 30.8 Å². The minimum absolute atomic E-state index is 0.0641. The first-order valence-corrected chi connectivity index (χ1v) is 16.3. The van der Waals surface area contributed by atoms with Crippen molar-refractivity contribution in [1.82, 2.24) is 20.8 Å². The van der Waals surface area contributed by atoms with Crippen LogP contribution in [0.3, 0.4) is 0 Å². The lowest BCUT2D eigenvalue weighted by Gasteiger charge is -2.26. The number of carbonyl (C=O) groups is 2. The van der Waals surface area contributed by atoms with Crippen LogP contribution in [-0.4, -0.2) is 47.4 Å². The largest absolute Gasteiger partial charge is 0.447 e. The summed E-state index contributed by atoms with van der Waals surface area (Å²) in [6, 6.07) is 0.410. The van der Waals surface area contributed by atoms with Gasteiger partial charge in [0.25, 0.3) is 5.56 Å². The molecule has 0 saturated heterocycles. The van der Waals surface area contributed by atoms with Crippen molar-refractivity contribution in [2.45, 2.75) is 130 Å². The summed E-state index contributed by atoms with van der Waals surface area (Å²) in [7, 11) is 0. The van der Waals surface area contributed by atoms with Gasteiger partial charge in [-0.1, -0.05) is 90.4 Å². The average Bonchev–Trinajstić information content (AvgIpc) is 3.26. The molecule has 0 aliphatic heterocycles. The van der Waals surface area contributed by atoms with E-state index in [4.69, 9.17) is 4.74 Å². The number of ether oxygens (including phenoxy) is 1. The number of allylic oxidation sites excluding steroid dienone is 2. The summed E-state index contributed by atoms with van der Waals surface area (Å²) in [4.78, 5) is 36.0. The fraction of sp³-hybridized carbons (Fsp3) is 0.697. The van der Waals surface area contributed by atoms with Crippen molar-refractivity contribution >= 4 is 29.8 Å². The molecule has 0 radical (unpaired) electrons. The Morgan fingerprint density at radius 3 is 2.36 bits per heavy atom. The average molecular weight is 586 g/mol. The lowest BCUT2D eigenvalue weighted by atomic mass is 9.91. The Hall–Kier alpha value is -2.94. The number of fused-ring (bicyclic) bond motifs is 1. The number of anilines is 1. The van der Waals surface area contributed by atoms with Gasteiger partial charge in [0.2, 0.25) is 5.91 Å². The molecule has 4 N–H and O–H groups in total. The van der Waals surface area contributed by atoms with Crippen LogP contribution in [0.2, 0.25) is 0 Å². The number of H-pyrrole nitrogens is 1. The van der Waals surface area contributed by atoms with Crippen LogP contribution < -0.4 is 31.9 Å². The molecule has 0 bridgehead atoms. The van der Waals surface area contributed by atoms with E-state index in [0.717, 1.165) is 30.4 Å². The Bertz CT molecular complexity index is 1130. The van der Waals surface area contributed by atoms with Crippen molar-refractivity contribution < 1.29 is 14.3 Å². The van der Waals surface area contributed by atoms with E-state index in [1.165, 1.54) is 51.4 Å². The number of esters is 1. The van der Waals surface area contributed by atoms with Gasteiger partial charge in [-0.3, -0.25) is 19.7 Å². The van der Waals surface area contributed by atoms with Crippen molar-refractivity contribution in [3.63, 3.8) is 0 Å². The fourth-order valence-corrected chi connectivity index (χ4v) is 5.44. The van der Waals surface area contributed by atoms with Crippen molar-refractivity contribution in [3.8, 4) is 0 Å². The summed E-state index contributed by atoms with van der Waals surface area (Å²) < 4.78 is 5.38.